The number of nitrogens with one attached hydrogen (secondary N) is 1. The second-order valence-electron chi connectivity index (χ2n) is 6.84. The van der Waals surface area contributed by atoms with Crippen LogP contribution in [0.1, 0.15) is 22.8 Å². The van der Waals surface area contributed by atoms with Crippen LogP contribution in [0.15, 0.2) is 42.6 Å². The van der Waals surface area contributed by atoms with Crippen LogP contribution in [-0.4, -0.2) is 42.1 Å². The number of anilines is 2. The maximum atomic E-state index is 14.1. The van der Waals surface area contributed by atoms with Crippen molar-refractivity contribution in [3.8, 4) is 0 Å². The van der Waals surface area contributed by atoms with Crippen molar-refractivity contribution < 1.29 is 18.3 Å². The zero-order valence-electron chi connectivity index (χ0n) is 16.0. The molecule has 5 nitrogen and oxygen atoms in total. The molecular formula is C22H21F2N3O2. The first-order chi connectivity index (χ1) is 14.1. The molecule has 0 aliphatic carbocycles. The van der Waals surface area contributed by atoms with Crippen LogP contribution < -0.4 is 5.32 Å². The maximum absolute atomic E-state index is 14.1. The molecule has 29 heavy (non-hydrogen) atoms. The molecule has 3 aromatic rings. The molecule has 0 atom stereocenters. The molecule has 1 aromatic heterocycles. The summed E-state index contributed by atoms with van der Waals surface area (Å²) in [6.07, 6.45) is 2.23. The second kappa shape index (κ2) is 8.13. The van der Waals surface area contributed by atoms with Crippen molar-refractivity contribution in [1.82, 2.24) is 9.88 Å². The Labute approximate surface area is 167 Å². The van der Waals surface area contributed by atoms with Crippen LogP contribution in [0.4, 0.5) is 20.3 Å². The van der Waals surface area contributed by atoms with Gasteiger partial charge >= 0.3 is 0 Å². The number of hydrogen-bond acceptors (Lipinski definition) is 4. The summed E-state index contributed by atoms with van der Waals surface area (Å²) in [5, 5.41) is 4.35. The third-order valence-corrected chi connectivity index (χ3v) is 5.11. The number of rotatable bonds is 4. The molecule has 0 unspecified atom stereocenters. The van der Waals surface area contributed by atoms with E-state index in [1.807, 2.05) is 25.1 Å². The van der Waals surface area contributed by atoms with Gasteiger partial charge in [-0.15, -0.1) is 0 Å². The normalized spacial score (nSPS) is 14.2. The van der Waals surface area contributed by atoms with Crippen LogP contribution in [0, 0.1) is 11.6 Å². The molecule has 2 aromatic carbocycles. The van der Waals surface area contributed by atoms with E-state index in [9.17, 15) is 13.6 Å². The van der Waals surface area contributed by atoms with Crippen LogP contribution in [0.2, 0.25) is 0 Å². The van der Waals surface area contributed by atoms with Gasteiger partial charge in [0.1, 0.15) is 5.82 Å². The van der Waals surface area contributed by atoms with Crippen LogP contribution >= 0.6 is 0 Å². The number of amides is 1. The molecule has 4 rings (SSSR count). The molecule has 2 heterocycles. The molecule has 1 saturated heterocycles. The van der Waals surface area contributed by atoms with Gasteiger partial charge in [-0.1, -0.05) is 31.2 Å². The molecule has 1 aliphatic heterocycles. The lowest BCUT2D eigenvalue weighted by molar-refractivity contribution is 0.0304. The first-order valence-electron chi connectivity index (χ1n) is 9.58. The summed E-state index contributed by atoms with van der Waals surface area (Å²) in [5.41, 5.74) is 1.49. The number of aryl methyl sites for hydroxylation is 1. The zero-order valence-corrected chi connectivity index (χ0v) is 16.0. The fourth-order valence-electron chi connectivity index (χ4n) is 3.60. The summed E-state index contributed by atoms with van der Waals surface area (Å²) in [6.45, 7) is 4.09. The molecule has 0 radical (unpaired) electrons. The largest absolute Gasteiger partial charge is 0.378 e. The highest BCUT2D eigenvalue weighted by molar-refractivity contribution is 6.10. The van der Waals surface area contributed by atoms with E-state index >= 15 is 0 Å². The number of benzene rings is 2. The van der Waals surface area contributed by atoms with E-state index in [1.54, 1.807) is 4.90 Å². The fourth-order valence-corrected chi connectivity index (χ4v) is 3.60. The average molecular weight is 397 g/mol. The van der Waals surface area contributed by atoms with Gasteiger partial charge in [-0.05, 0) is 24.1 Å². The van der Waals surface area contributed by atoms with Crippen molar-refractivity contribution in [2.45, 2.75) is 13.3 Å². The van der Waals surface area contributed by atoms with Crippen LogP contribution in [0.25, 0.3) is 10.8 Å². The Morgan fingerprint density at radius 2 is 1.93 bits per heavy atom. The fraction of sp³-hybridized carbons (Fsp3) is 0.273. The monoisotopic (exact) mass is 397 g/mol. The van der Waals surface area contributed by atoms with Gasteiger partial charge in [0.05, 0.1) is 24.5 Å². The van der Waals surface area contributed by atoms with Crippen molar-refractivity contribution >= 4 is 28.2 Å². The quantitative estimate of drug-likeness (QED) is 0.714. The molecule has 7 heteroatoms. The second-order valence-corrected chi connectivity index (χ2v) is 6.84. The van der Waals surface area contributed by atoms with E-state index in [0.29, 0.717) is 43.1 Å². The number of nitrogens with zero attached hydrogens (tertiary/aromatic N) is 2. The van der Waals surface area contributed by atoms with E-state index < -0.39 is 11.6 Å². The van der Waals surface area contributed by atoms with Crippen molar-refractivity contribution in [1.29, 1.82) is 0 Å². The minimum atomic E-state index is -0.970. The Morgan fingerprint density at radius 1 is 1.17 bits per heavy atom. The highest BCUT2D eigenvalue weighted by atomic mass is 19.2. The van der Waals surface area contributed by atoms with Gasteiger partial charge in [0.25, 0.3) is 5.91 Å². The summed E-state index contributed by atoms with van der Waals surface area (Å²) < 4.78 is 33.1. The van der Waals surface area contributed by atoms with Gasteiger partial charge in [0.15, 0.2) is 11.6 Å². The summed E-state index contributed by atoms with van der Waals surface area (Å²) in [7, 11) is 0. The van der Waals surface area contributed by atoms with E-state index in [4.69, 9.17) is 4.74 Å². The minimum Gasteiger partial charge on any atom is -0.378 e. The van der Waals surface area contributed by atoms with E-state index in [2.05, 4.69) is 10.3 Å². The highest BCUT2D eigenvalue weighted by Crippen LogP contribution is 2.31. The van der Waals surface area contributed by atoms with Crippen LogP contribution in [-0.2, 0) is 11.2 Å². The van der Waals surface area contributed by atoms with Gasteiger partial charge in [-0.3, -0.25) is 4.79 Å². The summed E-state index contributed by atoms with van der Waals surface area (Å²) in [6, 6.07) is 9.60. The number of ether oxygens (including phenoxy) is 1. The number of hydrogen-bond donors (Lipinski definition) is 1. The summed E-state index contributed by atoms with van der Waals surface area (Å²) >= 11 is 0. The number of morpholine rings is 1. The Bertz CT molecular complexity index is 1070. The third kappa shape index (κ3) is 3.65. The lowest BCUT2D eigenvalue weighted by Gasteiger charge is -2.27. The van der Waals surface area contributed by atoms with Crippen molar-refractivity contribution in [3.63, 3.8) is 0 Å². The number of carbonyl (C=O) groups excluding carboxylic acids is 1. The predicted molar refractivity (Wildman–Crippen MR) is 107 cm³/mol. The van der Waals surface area contributed by atoms with E-state index in [1.165, 1.54) is 18.3 Å². The molecule has 1 fully saturated rings. The van der Waals surface area contributed by atoms with E-state index in [0.717, 1.165) is 23.4 Å². The van der Waals surface area contributed by atoms with Crippen molar-refractivity contribution in [2.24, 2.45) is 0 Å². The van der Waals surface area contributed by atoms with Gasteiger partial charge in [-0.2, -0.15) is 0 Å². The molecule has 1 amide bonds. The van der Waals surface area contributed by atoms with Crippen LogP contribution in [0.5, 0.6) is 0 Å². The first-order valence-corrected chi connectivity index (χ1v) is 9.58. The SMILES string of the molecule is CCc1cccc2c(Nc3cccc(F)c3F)ncc(C(=O)N3CCOCC3)c12. The van der Waals surface area contributed by atoms with Gasteiger partial charge < -0.3 is 15.0 Å². The molecule has 150 valence electrons. The third-order valence-electron chi connectivity index (χ3n) is 5.11. The summed E-state index contributed by atoms with van der Waals surface area (Å²) in [4.78, 5) is 19.3. The van der Waals surface area contributed by atoms with Gasteiger partial charge in [0, 0.05) is 30.1 Å². The summed E-state index contributed by atoms with van der Waals surface area (Å²) in [5.74, 6) is -1.64. The molecular weight excluding hydrogens is 376 g/mol. The average Bonchev–Trinajstić information content (AvgIpc) is 2.76. The van der Waals surface area contributed by atoms with Gasteiger partial charge in [0.2, 0.25) is 0 Å². The minimum absolute atomic E-state index is 0.00652. The lowest BCUT2D eigenvalue weighted by atomic mass is 9.98. The van der Waals surface area contributed by atoms with Crippen molar-refractivity contribution in [2.75, 3.05) is 31.6 Å². The molecule has 1 aliphatic rings. The Hall–Kier alpha value is -3.06. The van der Waals surface area contributed by atoms with Crippen molar-refractivity contribution in [3.05, 3.63) is 65.4 Å². The number of halogens is 2. The first kappa shape index (κ1) is 19.3. The molecule has 0 bridgehead atoms. The Kier molecular flexibility index (Phi) is 5.40. The topological polar surface area (TPSA) is 54.5 Å². The highest BCUT2D eigenvalue weighted by Gasteiger charge is 2.23. The molecule has 1 N–H and O–H groups in total. The number of aromatic nitrogens is 1. The Morgan fingerprint density at radius 3 is 2.69 bits per heavy atom. The van der Waals surface area contributed by atoms with E-state index in [-0.39, 0.29) is 11.6 Å². The number of pyridine rings is 1. The molecule has 0 spiro atoms. The predicted octanol–water partition coefficient (Wildman–Crippen LogP) is 4.29. The van der Waals surface area contributed by atoms with Crippen LogP contribution in [0.3, 0.4) is 0 Å². The standard InChI is InChI=1S/C22H21F2N3O2/c1-2-14-5-3-6-15-19(14)16(22(28)27-9-11-29-12-10-27)13-25-21(15)26-18-8-4-7-17(23)20(18)24/h3-8,13H,2,9-12H2,1H3,(H,25,26). The zero-order chi connectivity index (χ0) is 20.4. The maximum Gasteiger partial charge on any atom is 0.256 e. The lowest BCUT2D eigenvalue weighted by Crippen LogP contribution is -2.40. The number of carbonyl (C=O) groups is 1. The van der Waals surface area contributed by atoms with Gasteiger partial charge in [-0.25, -0.2) is 13.8 Å². The Balaban J connectivity index is 1.82. The smallest absolute Gasteiger partial charge is 0.256 e. The number of fused-ring (bicyclic) bond motifs is 1. The molecule has 0 saturated carbocycles.